The van der Waals surface area contributed by atoms with Crippen molar-refractivity contribution in [3.8, 4) is 16.3 Å². The molecule has 0 amide bonds. The molecule has 2 rings (SSSR count). The number of benzene rings is 1. The minimum Gasteiger partial charge on any atom is -0.507 e. The Bertz CT molecular complexity index is 766. The van der Waals surface area contributed by atoms with Gasteiger partial charge in [0.25, 0.3) is 0 Å². The molecule has 0 aliphatic heterocycles. The van der Waals surface area contributed by atoms with E-state index in [1.807, 2.05) is 53.7 Å². The lowest BCUT2D eigenvalue weighted by Crippen LogP contribution is -2.17. The largest absolute Gasteiger partial charge is 0.507 e. The van der Waals surface area contributed by atoms with Crippen LogP contribution in [-0.4, -0.2) is 26.4 Å². The first kappa shape index (κ1) is 19.7. The van der Waals surface area contributed by atoms with Gasteiger partial charge in [-0.3, -0.25) is 4.79 Å². The third kappa shape index (κ3) is 4.15. The Hall–Kier alpha value is -1.60. The van der Waals surface area contributed by atoms with Gasteiger partial charge in [0.1, 0.15) is 15.8 Å². The van der Waals surface area contributed by atoms with Crippen LogP contribution in [0.3, 0.4) is 0 Å². The maximum Gasteiger partial charge on any atom is 0.323 e. The molecule has 1 aromatic heterocycles. The van der Waals surface area contributed by atoms with Crippen LogP contribution in [0, 0.1) is 0 Å². The molecule has 0 fully saturated rings. The first-order valence-electron chi connectivity index (χ1n) is 7.95. The van der Waals surface area contributed by atoms with E-state index in [0.29, 0.717) is 15.8 Å². The third-order valence-electron chi connectivity index (χ3n) is 3.88. The number of hydrogen-bond acceptors (Lipinski definition) is 6. The van der Waals surface area contributed by atoms with E-state index in [1.54, 1.807) is 0 Å². The topological polar surface area (TPSA) is 83.3 Å². The van der Waals surface area contributed by atoms with Crippen molar-refractivity contribution in [1.82, 2.24) is 10.2 Å². The average Bonchev–Trinajstić information content (AvgIpc) is 2.93. The van der Waals surface area contributed by atoms with Gasteiger partial charge in [-0.25, -0.2) is 0 Å². The lowest BCUT2D eigenvalue weighted by atomic mass is 9.78. The number of carbonyl (C=O) groups is 1. The molecule has 0 saturated heterocycles. The van der Waals surface area contributed by atoms with E-state index in [1.165, 1.54) is 11.3 Å². The zero-order valence-corrected chi connectivity index (χ0v) is 17.0. The lowest BCUT2D eigenvalue weighted by Gasteiger charge is -2.27. The van der Waals surface area contributed by atoms with Gasteiger partial charge in [-0.1, -0.05) is 52.9 Å². The van der Waals surface area contributed by atoms with Crippen LogP contribution < -0.4 is 0 Å². The molecule has 0 spiro atoms. The molecular formula is C18H24N2O3S2. The van der Waals surface area contributed by atoms with Crippen molar-refractivity contribution in [1.29, 1.82) is 0 Å². The summed E-state index contributed by atoms with van der Waals surface area (Å²) in [6.45, 7) is 12.2. The SMILES string of the molecule is CC(C)(C)c1cc(-c2nnc(C(S)C(=O)O)s2)cc(C(C)(C)C)c1O. The number of thiol groups is 1. The number of carboxylic acids is 1. The van der Waals surface area contributed by atoms with Crippen LogP contribution in [0.4, 0.5) is 0 Å². The first-order chi connectivity index (χ1) is 11.3. The van der Waals surface area contributed by atoms with E-state index in [0.717, 1.165) is 16.7 Å². The molecular weight excluding hydrogens is 356 g/mol. The molecule has 7 heteroatoms. The van der Waals surface area contributed by atoms with Crippen LogP contribution in [0.2, 0.25) is 0 Å². The van der Waals surface area contributed by atoms with Gasteiger partial charge in [-0.05, 0) is 23.0 Å². The lowest BCUT2D eigenvalue weighted by molar-refractivity contribution is -0.136. The number of hydrogen-bond donors (Lipinski definition) is 3. The average molecular weight is 381 g/mol. The van der Waals surface area contributed by atoms with Gasteiger partial charge in [0.2, 0.25) is 0 Å². The molecule has 0 aliphatic rings. The molecule has 25 heavy (non-hydrogen) atoms. The summed E-state index contributed by atoms with van der Waals surface area (Å²) < 4.78 is 0. The van der Waals surface area contributed by atoms with E-state index in [9.17, 15) is 9.90 Å². The number of phenols is 1. The standard InChI is InChI=1S/C18H24N2O3S2/c1-17(2,3)10-7-9(8-11(12(10)21)18(4,5)6)14-19-20-15(25-14)13(24)16(22)23/h7-8,13,21,24H,1-6H3,(H,22,23). The summed E-state index contributed by atoms with van der Waals surface area (Å²) in [5.74, 6) is -0.756. The van der Waals surface area contributed by atoms with E-state index in [4.69, 9.17) is 5.11 Å². The van der Waals surface area contributed by atoms with Gasteiger partial charge in [0.05, 0.1) is 0 Å². The van der Waals surface area contributed by atoms with Crippen LogP contribution in [-0.2, 0) is 15.6 Å². The fourth-order valence-electron chi connectivity index (χ4n) is 2.47. The highest BCUT2D eigenvalue weighted by molar-refractivity contribution is 7.81. The van der Waals surface area contributed by atoms with E-state index < -0.39 is 11.2 Å². The quantitative estimate of drug-likeness (QED) is 0.680. The molecule has 1 heterocycles. The Morgan fingerprint density at radius 2 is 1.56 bits per heavy atom. The molecule has 0 bridgehead atoms. The maximum absolute atomic E-state index is 11.1. The van der Waals surface area contributed by atoms with Crippen LogP contribution in [0.5, 0.6) is 5.75 Å². The van der Waals surface area contributed by atoms with Gasteiger partial charge < -0.3 is 10.2 Å². The Labute approximate surface area is 157 Å². The van der Waals surface area contributed by atoms with Crippen molar-refractivity contribution < 1.29 is 15.0 Å². The van der Waals surface area contributed by atoms with Crippen molar-refractivity contribution in [3.63, 3.8) is 0 Å². The Kier molecular flexibility index (Phi) is 5.21. The van der Waals surface area contributed by atoms with Crippen LogP contribution in [0.15, 0.2) is 12.1 Å². The molecule has 136 valence electrons. The zero-order valence-electron chi connectivity index (χ0n) is 15.3. The second-order valence-corrected chi connectivity index (χ2v) is 9.63. The number of phenolic OH excluding ortho intramolecular Hbond substituents is 1. The normalized spacial score (nSPS) is 13.7. The summed E-state index contributed by atoms with van der Waals surface area (Å²) >= 11 is 5.26. The fraction of sp³-hybridized carbons (Fsp3) is 0.500. The highest BCUT2D eigenvalue weighted by atomic mass is 32.1. The van der Waals surface area contributed by atoms with Gasteiger partial charge in [-0.2, -0.15) is 12.6 Å². The van der Waals surface area contributed by atoms with Crippen LogP contribution in [0.25, 0.3) is 10.6 Å². The van der Waals surface area contributed by atoms with Crippen LogP contribution in [0.1, 0.15) is 62.9 Å². The van der Waals surface area contributed by atoms with Crippen molar-refractivity contribution >= 4 is 29.9 Å². The smallest absolute Gasteiger partial charge is 0.323 e. The minimum atomic E-state index is -1.05. The molecule has 2 aromatic rings. The first-order valence-corrected chi connectivity index (χ1v) is 9.28. The minimum absolute atomic E-state index is 0.249. The predicted molar refractivity (Wildman–Crippen MR) is 104 cm³/mol. The van der Waals surface area contributed by atoms with Gasteiger partial charge in [-0.15, -0.1) is 10.2 Å². The number of nitrogens with zero attached hydrogens (tertiary/aromatic N) is 2. The summed E-state index contributed by atoms with van der Waals surface area (Å²) in [4.78, 5) is 11.1. The van der Waals surface area contributed by atoms with E-state index >= 15 is 0 Å². The van der Waals surface area contributed by atoms with Gasteiger partial charge in [0, 0.05) is 16.7 Å². The number of rotatable bonds is 3. The molecule has 1 unspecified atom stereocenters. The summed E-state index contributed by atoms with van der Waals surface area (Å²) in [6.07, 6.45) is 0. The van der Waals surface area contributed by atoms with Crippen molar-refractivity contribution in [2.75, 3.05) is 0 Å². The summed E-state index contributed by atoms with van der Waals surface area (Å²) in [5.41, 5.74) is 1.98. The predicted octanol–water partition coefficient (Wildman–Crippen LogP) is 4.56. The highest BCUT2D eigenvalue weighted by Crippen LogP contribution is 2.42. The van der Waals surface area contributed by atoms with Crippen LogP contribution >= 0.6 is 24.0 Å². The molecule has 0 radical (unpaired) electrons. The summed E-state index contributed by atoms with van der Waals surface area (Å²) in [7, 11) is 0. The Morgan fingerprint density at radius 1 is 1.08 bits per heavy atom. The number of aromatic nitrogens is 2. The van der Waals surface area contributed by atoms with Crippen molar-refractivity contribution in [2.45, 2.75) is 57.6 Å². The molecule has 1 atom stereocenters. The van der Waals surface area contributed by atoms with E-state index in [-0.39, 0.29) is 10.8 Å². The summed E-state index contributed by atoms with van der Waals surface area (Å²) in [5, 5.41) is 27.9. The van der Waals surface area contributed by atoms with Gasteiger partial charge in [0.15, 0.2) is 5.25 Å². The summed E-state index contributed by atoms with van der Waals surface area (Å²) in [6, 6.07) is 3.81. The fourth-order valence-corrected chi connectivity index (χ4v) is 3.49. The van der Waals surface area contributed by atoms with Crippen molar-refractivity contribution in [3.05, 3.63) is 28.3 Å². The third-order valence-corrected chi connectivity index (χ3v) is 5.56. The van der Waals surface area contributed by atoms with Crippen molar-refractivity contribution in [2.24, 2.45) is 0 Å². The number of carboxylic acid groups (broad SMARTS) is 1. The zero-order chi connectivity index (χ0) is 19.2. The maximum atomic E-state index is 11.1. The highest BCUT2D eigenvalue weighted by Gasteiger charge is 2.28. The molecule has 2 N–H and O–H groups in total. The monoisotopic (exact) mass is 380 g/mol. The number of aromatic hydroxyl groups is 1. The van der Waals surface area contributed by atoms with E-state index in [2.05, 4.69) is 22.8 Å². The molecule has 1 aromatic carbocycles. The molecule has 0 saturated carbocycles. The second kappa shape index (κ2) is 6.61. The second-order valence-electron chi connectivity index (χ2n) is 8.11. The molecule has 0 aliphatic carbocycles. The number of aliphatic carboxylic acids is 1. The van der Waals surface area contributed by atoms with Gasteiger partial charge >= 0.3 is 5.97 Å². The molecule has 5 nitrogen and oxygen atoms in total. The Morgan fingerprint density at radius 3 is 1.96 bits per heavy atom. The Balaban J connectivity index is 2.64.